The molecule has 2 heterocycles. The minimum atomic E-state index is -4.20. The van der Waals surface area contributed by atoms with Crippen molar-refractivity contribution in [2.24, 2.45) is 5.14 Å². The van der Waals surface area contributed by atoms with Crippen LogP contribution in [0.4, 0.5) is 5.82 Å². The molecular weight excluding hydrogens is 452 g/mol. The molecule has 13 heteroatoms. The fourth-order valence-corrected chi connectivity index (χ4v) is 4.41. The maximum atomic E-state index is 11.1. The number of imidazole rings is 1. The van der Waals surface area contributed by atoms with E-state index in [1.165, 1.54) is 42.6 Å². The van der Waals surface area contributed by atoms with E-state index in [2.05, 4.69) is 36.6 Å². The predicted molar refractivity (Wildman–Crippen MR) is 118 cm³/mol. The first-order chi connectivity index (χ1) is 15.8. The van der Waals surface area contributed by atoms with Crippen LogP contribution in [0.25, 0.3) is 11.2 Å². The average Bonchev–Trinajstić information content (AvgIpc) is 3.40. The third-order valence-electron chi connectivity index (χ3n) is 5.69. The number of benzene rings is 1. The second-order valence-electron chi connectivity index (χ2n) is 7.65. The van der Waals surface area contributed by atoms with Crippen LogP contribution < -0.4 is 10.5 Å². The van der Waals surface area contributed by atoms with Crippen LogP contribution in [0, 0.1) is 0 Å². The van der Waals surface area contributed by atoms with Crippen molar-refractivity contribution in [3.63, 3.8) is 0 Å². The van der Waals surface area contributed by atoms with Gasteiger partial charge < -0.3 is 19.9 Å². The summed E-state index contributed by atoms with van der Waals surface area (Å²) in [6.07, 6.45) is 1.41. The van der Waals surface area contributed by atoms with Gasteiger partial charge in [0.25, 0.3) is 0 Å². The van der Waals surface area contributed by atoms with E-state index in [1.807, 2.05) is 12.1 Å². The zero-order chi connectivity index (χ0) is 23.6. The molecule has 1 aliphatic carbocycles. The van der Waals surface area contributed by atoms with Gasteiger partial charge in [-0.2, -0.15) is 8.42 Å². The number of aromatic nitrogens is 4. The molecule has 0 bridgehead atoms. The van der Waals surface area contributed by atoms with E-state index >= 15 is 0 Å². The number of aliphatic hydroxyl groups excluding tert-OH is 1. The maximum absolute atomic E-state index is 11.1. The lowest BCUT2D eigenvalue weighted by molar-refractivity contribution is -0.126. The lowest BCUT2D eigenvalue weighted by atomic mass is 10.1. The Morgan fingerprint density at radius 1 is 1.24 bits per heavy atom. The van der Waals surface area contributed by atoms with Gasteiger partial charge in [0.05, 0.1) is 19.0 Å². The van der Waals surface area contributed by atoms with Gasteiger partial charge in [0.2, 0.25) is 0 Å². The Morgan fingerprint density at radius 2 is 2.03 bits per heavy atom. The molecule has 4 N–H and O–H groups in total. The molecule has 1 aliphatic rings. The Hall–Kier alpha value is -2.68. The summed E-state index contributed by atoms with van der Waals surface area (Å²) in [5.41, 5.74) is 3.46. The SMILES string of the molecule is CO[C@H]([C@H](O)[C@@H](COS(N)(=O)=O)OC)n1cnc2c(N[C@H]3CCc4ccccc43)ncnc21. The largest absolute Gasteiger partial charge is 0.386 e. The molecular formula is C20H26N6O6S. The third-order valence-corrected chi connectivity index (χ3v) is 6.16. The Morgan fingerprint density at radius 3 is 2.76 bits per heavy atom. The number of aryl methyl sites for hydroxylation is 1. The number of rotatable bonds is 10. The summed E-state index contributed by atoms with van der Waals surface area (Å²) < 4.78 is 39.0. The van der Waals surface area contributed by atoms with Gasteiger partial charge in [0, 0.05) is 14.2 Å². The van der Waals surface area contributed by atoms with Gasteiger partial charge in [0.15, 0.2) is 23.2 Å². The lowest BCUT2D eigenvalue weighted by Crippen LogP contribution is -2.41. The van der Waals surface area contributed by atoms with E-state index in [1.54, 1.807) is 0 Å². The van der Waals surface area contributed by atoms with Crippen LogP contribution in [-0.2, 0) is 30.4 Å². The summed E-state index contributed by atoms with van der Waals surface area (Å²) in [5.74, 6) is 0.561. The Kier molecular flexibility index (Phi) is 6.88. The Balaban J connectivity index is 1.59. The first kappa shape index (κ1) is 23.5. The van der Waals surface area contributed by atoms with Gasteiger partial charge in [-0.1, -0.05) is 24.3 Å². The molecule has 4 atom stereocenters. The fraction of sp³-hybridized carbons (Fsp3) is 0.450. The normalized spacial score (nSPS) is 18.7. The third kappa shape index (κ3) is 4.98. The molecule has 0 unspecified atom stereocenters. The van der Waals surface area contributed by atoms with Crippen LogP contribution >= 0.6 is 0 Å². The van der Waals surface area contributed by atoms with E-state index in [9.17, 15) is 13.5 Å². The Labute approximate surface area is 191 Å². The zero-order valence-corrected chi connectivity index (χ0v) is 19.0. The molecule has 0 saturated heterocycles. The van der Waals surface area contributed by atoms with Gasteiger partial charge in [-0.15, -0.1) is 0 Å². The first-order valence-electron chi connectivity index (χ1n) is 10.2. The molecule has 4 rings (SSSR count). The second-order valence-corrected chi connectivity index (χ2v) is 8.87. The number of nitrogens with zero attached hydrogens (tertiary/aromatic N) is 4. The predicted octanol–water partition coefficient (Wildman–Crippen LogP) is 0.667. The lowest BCUT2D eigenvalue weighted by Gasteiger charge is -2.28. The van der Waals surface area contributed by atoms with Gasteiger partial charge in [0.1, 0.15) is 18.5 Å². The van der Waals surface area contributed by atoms with E-state index in [4.69, 9.17) is 14.6 Å². The van der Waals surface area contributed by atoms with E-state index in [0.29, 0.717) is 17.0 Å². The number of fused-ring (bicyclic) bond motifs is 2. The van der Waals surface area contributed by atoms with Crippen molar-refractivity contribution in [1.29, 1.82) is 0 Å². The molecule has 0 fully saturated rings. The van der Waals surface area contributed by atoms with Gasteiger partial charge in [-0.05, 0) is 24.0 Å². The summed E-state index contributed by atoms with van der Waals surface area (Å²) in [6.45, 7) is -0.494. The molecule has 1 aromatic carbocycles. The minimum Gasteiger partial charge on any atom is -0.386 e. The first-order valence-corrected chi connectivity index (χ1v) is 11.7. The van der Waals surface area contributed by atoms with E-state index in [0.717, 1.165) is 12.8 Å². The van der Waals surface area contributed by atoms with Crippen LogP contribution in [-0.4, -0.2) is 66.1 Å². The highest BCUT2D eigenvalue weighted by Crippen LogP contribution is 2.34. The molecule has 178 valence electrons. The number of nitrogens with two attached hydrogens (primary N) is 1. The van der Waals surface area contributed by atoms with Crippen molar-refractivity contribution in [3.05, 3.63) is 48.0 Å². The Bertz CT molecular complexity index is 1220. The molecule has 3 aromatic rings. The van der Waals surface area contributed by atoms with Crippen molar-refractivity contribution < 1.29 is 27.2 Å². The van der Waals surface area contributed by atoms with Crippen molar-refractivity contribution in [2.75, 3.05) is 26.1 Å². The molecule has 2 aromatic heterocycles. The molecule has 0 aliphatic heterocycles. The van der Waals surface area contributed by atoms with Crippen LogP contribution in [0.5, 0.6) is 0 Å². The van der Waals surface area contributed by atoms with Gasteiger partial charge in [-0.25, -0.2) is 20.1 Å². The van der Waals surface area contributed by atoms with Gasteiger partial charge >= 0.3 is 10.3 Å². The van der Waals surface area contributed by atoms with Crippen LogP contribution in [0.3, 0.4) is 0 Å². The zero-order valence-electron chi connectivity index (χ0n) is 18.2. The molecule has 0 radical (unpaired) electrons. The van der Waals surface area contributed by atoms with Gasteiger partial charge in [-0.3, -0.25) is 8.75 Å². The monoisotopic (exact) mass is 478 g/mol. The minimum absolute atomic E-state index is 0.0986. The standard InChI is InChI=1S/C20H26N6O6S/c1-30-15(9-32-33(21,28)29)17(27)20(31-2)26-11-24-16-18(22-10-23-19(16)26)25-14-8-7-12-5-3-4-6-13(12)14/h3-6,10-11,14-15,17,20,27H,7-9H2,1-2H3,(H2,21,28,29)(H,22,23,25)/t14-,15+,17+,20+/m0/s1. The average molecular weight is 479 g/mol. The number of ether oxygens (including phenoxy) is 2. The number of hydrogen-bond acceptors (Lipinski definition) is 10. The van der Waals surface area contributed by atoms with Crippen LogP contribution in [0.15, 0.2) is 36.9 Å². The van der Waals surface area contributed by atoms with Crippen molar-refractivity contribution in [1.82, 2.24) is 19.5 Å². The number of nitrogens with one attached hydrogen (secondary N) is 1. The maximum Gasteiger partial charge on any atom is 0.333 e. The number of aliphatic hydroxyl groups is 1. The summed E-state index contributed by atoms with van der Waals surface area (Å²) in [6, 6.07) is 8.37. The summed E-state index contributed by atoms with van der Waals surface area (Å²) in [5, 5.41) is 19.2. The topological polar surface area (TPSA) is 164 Å². The molecule has 0 saturated carbocycles. The molecule has 0 spiro atoms. The molecule has 33 heavy (non-hydrogen) atoms. The second kappa shape index (κ2) is 9.67. The highest BCUT2D eigenvalue weighted by Gasteiger charge is 2.32. The highest BCUT2D eigenvalue weighted by atomic mass is 32.2. The summed E-state index contributed by atoms with van der Waals surface area (Å²) in [7, 11) is -1.50. The summed E-state index contributed by atoms with van der Waals surface area (Å²) >= 11 is 0. The van der Waals surface area contributed by atoms with Crippen LogP contribution in [0.1, 0.15) is 29.8 Å². The van der Waals surface area contributed by atoms with Crippen molar-refractivity contribution in [3.8, 4) is 0 Å². The summed E-state index contributed by atoms with van der Waals surface area (Å²) in [4.78, 5) is 13.1. The van der Waals surface area contributed by atoms with Crippen molar-refractivity contribution >= 4 is 27.3 Å². The van der Waals surface area contributed by atoms with Crippen molar-refractivity contribution in [2.45, 2.75) is 37.3 Å². The molecule has 12 nitrogen and oxygen atoms in total. The van der Waals surface area contributed by atoms with E-state index < -0.39 is 35.3 Å². The molecule has 0 amide bonds. The number of hydrogen-bond donors (Lipinski definition) is 3. The quantitative estimate of drug-likeness (QED) is 0.377. The fourth-order valence-electron chi connectivity index (χ4n) is 4.09. The smallest absolute Gasteiger partial charge is 0.333 e. The highest BCUT2D eigenvalue weighted by molar-refractivity contribution is 7.84. The van der Waals surface area contributed by atoms with E-state index in [-0.39, 0.29) is 6.04 Å². The van der Waals surface area contributed by atoms with Crippen LogP contribution in [0.2, 0.25) is 0 Å². The number of anilines is 1. The number of methoxy groups -OCH3 is 2.